The number of carbonyl (C=O) groups excluding carboxylic acids is 2. The van der Waals surface area contributed by atoms with Gasteiger partial charge in [0.2, 0.25) is 5.91 Å². The van der Waals surface area contributed by atoms with Crippen molar-refractivity contribution in [2.45, 2.75) is 18.6 Å². The molecule has 1 saturated heterocycles. The van der Waals surface area contributed by atoms with Crippen molar-refractivity contribution in [3.05, 3.63) is 66.0 Å². The third-order valence-corrected chi connectivity index (χ3v) is 6.01. The number of benzene rings is 2. The third kappa shape index (κ3) is 5.05. The van der Waals surface area contributed by atoms with E-state index in [9.17, 15) is 14.7 Å². The zero-order chi connectivity index (χ0) is 24.1. The summed E-state index contributed by atoms with van der Waals surface area (Å²) in [6.45, 7) is 1.72. The molecule has 1 aliphatic rings. The average molecular weight is 462 g/mol. The predicted molar refractivity (Wildman–Crippen MR) is 129 cm³/mol. The van der Waals surface area contributed by atoms with E-state index in [0.29, 0.717) is 31.0 Å². The molecule has 1 unspecified atom stereocenters. The van der Waals surface area contributed by atoms with Gasteiger partial charge in [-0.15, -0.1) is 0 Å². The predicted octanol–water partition coefficient (Wildman–Crippen LogP) is 1.86. The van der Waals surface area contributed by atoms with Crippen LogP contribution in [0.4, 0.5) is 5.82 Å². The van der Waals surface area contributed by atoms with E-state index in [4.69, 9.17) is 10.5 Å². The number of ether oxygens (including phenoxy) is 1. The maximum absolute atomic E-state index is 13.0. The Hall–Kier alpha value is -3.82. The molecule has 9 nitrogen and oxygen atoms in total. The van der Waals surface area contributed by atoms with Crippen LogP contribution >= 0.6 is 0 Å². The molecule has 0 spiro atoms. The Labute approximate surface area is 197 Å². The molecule has 0 radical (unpaired) electrons. The van der Waals surface area contributed by atoms with Crippen LogP contribution in [0.15, 0.2) is 54.9 Å². The molecule has 0 aliphatic carbocycles. The fourth-order valence-corrected chi connectivity index (χ4v) is 4.32. The highest BCUT2D eigenvalue weighted by Gasteiger charge is 2.38. The monoisotopic (exact) mass is 461 g/mol. The van der Waals surface area contributed by atoms with Crippen molar-refractivity contribution in [1.82, 2.24) is 19.8 Å². The number of fused-ring (bicyclic) bond motifs is 1. The van der Waals surface area contributed by atoms with Gasteiger partial charge in [0.25, 0.3) is 0 Å². The van der Waals surface area contributed by atoms with Crippen molar-refractivity contribution < 1.29 is 19.4 Å². The molecular weight excluding hydrogens is 434 g/mol. The zero-order valence-corrected chi connectivity index (χ0v) is 18.9. The number of methoxy groups -OCH3 is 1. The van der Waals surface area contributed by atoms with Crippen LogP contribution in [0.1, 0.15) is 11.1 Å². The summed E-state index contributed by atoms with van der Waals surface area (Å²) in [6, 6.07) is 11.5. The number of amides is 1. The lowest BCUT2D eigenvalue weighted by Crippen LogP contribution is -2.62. The van der Waals surface area contributed by atoms with E-state index in [1.807, 2.05) is 23.1 Å². The molecule has 0 saturated carbocycles. The first-order valence-corrected chi connectivity index (χ1v) is 10.9. The summed E-state index contributed by atoms with van der Waals surface area (Å²) in [4.78, 5) is 37.2. The van der Waals surface area contributed by atoms with E-state index in [1.165, 1.54) is 12.4 Å². The number of aromatic hydroxyl groups is 1. The van der Waals surface area contributed by atoms with E-state index in [0.717, 1.165) is 22.8 Å². The summed E-state index contributed by atoms with van der Waals surface area (Å²) in [5.74, 6) is 0.340. The lowest BCUT2D eigenvalue weighted by molar-refractivity contribution is -0.138. The zero-order valence-electron chi connectivity index (χ0n) is 18.9. The van der Waals surface area contributed by atoms with Crippen LogP contribution in [0.2, 0.25) is 0 Å². The fraction of sp³-hybridized carbons (Fsp3) is 0.280. The van der Waals surface area contributed by atoms with E-state index >= 15 is 0 Å². The van der Waals surface area contributed by atoms with Gasteiger partial charge < -0.3 is 25.3 Å². The normalized spacial score (nSPS) is 19.0. The van der Waals surface area contributed by atoms with Crippen LogP contribution in [0, 0.1) is 0 Å². The highest BCUT2D eigenvalue weighted by atomic mass is 16.5. The molecule has 3 aromatic rings. The minimum atomic E-state index is -0.530. The largest absolute Gasteiger partial charge is 0.508 e. The van der Waals surface area contributed by atoms with Gasteiger partial charge in [0.15, 0.2) is 0 Å². The van der Waals surface area contributed by atoms with Gasteiger partial charge in [0.1, 0.15) is 24.2 Å². The van der Waals surface area contributed by atoms with Crippen LogP contribution in [0.5, 0.6) is 5.75 Å². The van der Waals surface area contributed by atoms with E-state index < -0.39 is 12.1 Å². The maximum atomic E-state index is 13.0. The van der Waals surface area contributed by atoms with Gasteiger partial charge in [0, 0.05) is 38.2 Å². The molecule has 2 heterocycles. The molecule has 1 amide bonds. The number of hydrogen-bond donors (Lipinski definition) is 2. The number of carbonyl (C=O) groups is 2. The lowest BCUT2D eigenvalue weighted by Gasteiger charge is -2.45. The summed E-state index contributed by atoms with van der Waals surface area (Å²) >= 11 is 0. The Morgan fingerprint density at radius 1 is 1.24 bits per heavy atom. The Bertz CT molecular complexity index is 1210. The second-order valence-corrected chi connectivity index (χ2v) is 8.19. The number of aromatic nitrogens is 2. The van der Waals surface area contributed by atoms with Gasteiger partial charge in [-0.2, -0.15) is 0 Å². The first kappa shape index (κ1) is 23.3. The van der Waals surface area contributed by atoms with Gasteiger partial charge in [-0.25, -0.2) is 9.97 Å². The van der Waals surface area contributed by atoms with Crippen molar-refractivity contribution in [2.24, 2.45) is 0 Å². The number of nitrogen functional groups attached to an aromatic ring is 1. The van der Waals surface area contributed by atoms with Crippen LogP contribution in [-0.4, -0.2) is 76.0 Å². The van der Waals surface area contributed by atoms with Crippen molar-refractivity contribution >= 4 is 35.0 Å². The second kappa shape index (κ2) is 10.4. The second-order valence-electron chi connectivity index (χ2n) is 8.19. The number of phenols is 1. The average Bonchev–Trinajstić information content (AvgIpc) is 2.83. The number of rotatable bonds is 7. The summed E-state index contributed by atoms with van der Waals surface area (Å²) < 4.78 is 5.37. The van der Waals surface area contributed by atoms with Crippen LogP contribution in [0.3, 0.4) is 0 Å². The van der Waals surface area contributed by atoms with Crippen LogP contribution in [0.25, 0.3) is 17.0 Å². The van der Waals surface area contributed by atoms with Gasteiger partial charge in [-0.3, -0.25) is 9.69 Å². The molecule has 1 aromatic heterocycles. The van der Waals surface area contributed by atoms with E-state index in [1.54, 1.807) is 42.4 Å². The summed E-state index contributed by atoms with van der Waals surface area (Å²) in [5.41, 5.74) is 8.36. The molecule has 2 aromatic carbocycles. The van der Waals surface area contributed by atoms with Crippen molar-refractivity contribution in [1.29, 1.82) is 0 Å². The molecular formula is C25H27N5O4. The first-order valence-electron chi connectivity index (χ1n) is 10.9. The smallest absolute Gasteiger partial charge is 0.247 e. The highest BCUT2D eigenvalue weighted by Crippen LogP contribution is 2.23. The number of nitrogens with two attached hydrogens (primary N) is 1. The molecule has 0 bridgehead atoms. The number of anilines is 1. The lowest BCUT2D eigenvalue weighted by atomic mass is 10.0. The Morgan fingerprint density at radius 2 is 2.09 bits per heavy atom. The van der Waals surface area contributed by atoms with Crippen molar-refractivity contribution in [3.8, 4) is 5.75 Å². The molecule has 176 valence electrons. The quantitative estimate of drug-likeness (QED) is 0.404. The SMILES string of the molecule is COC[C@@H]1C(C=O)N(Cc2ccc3c(N)ncnc3c2)CCN1C(=O)/C=C/c1cccc(O)c1. The van der Waals surface area contributed by atoms with Gasteiger partial charge in [0.05, 0.1) is 24.2 Å². The molecule has 3 N–H and O–H groups in total. The van der Waals surface area contributed by atoms with Crippen molar-refractivity contribution in [3.63, 3.8) is 0 Å². The minimum Gasteiger partial charge on any atom is -0.508 e. The maximum Gasteiger partial charge on any atom is 0.247 e. The van der Waals surface area contributed by atoms with Crippen molar-refractivity contribution in [2.75, 3.05) is 32.5 Å². The Balaban J connectivity index is 1.52. The Morgan fingerprint density at radius 3 is 2.85 bits per heavy atom. The highest BCUT2D eigenvalue weighted by molar-refractivity contribution is 5.92. The topological polar surface area (TPSA) is 122 Å². The van der Waals surface area contributed by atoms with E-state index in [2.05, 4.69) is 9.97 Å². The van der Waals surface area contributed by atoms with Gasteiger partial charge in [-0.05, 0) is 41.5 Å². The number of phenolic OH excluding ortho intramolecular Hbond substituents is 1. The first-order chi connectivity index (χ1) is 16.5. The molecule has 1 aliphatic heterocycles. The standard InChI is InChI=1S/C25H27N5O4/c1-34-15-23-22(14-31)29(13-18-5-7-20-21(12-18)27-16-28-25(20)26)9-10-30(23)24(33)8-6-17-3-2-4-19(32)11-17/h2-8,11-12,14,16,22-23,32H,9-10,13,15H2,1H3,(H2,26,27,28)/b8-6+/t22?,23-/m1/s1. The van der Waals surface area contributed by atoms with Gasteiger partial charge >= 0.3 is 0 Å². The summed E-state index contributed by atoms with van der Waals surface area (Å²) in [7, 11) is 1.56. The molecule has 1 fully saturated rings. The third-order valence-electron chi connectivity index (χ3n) is 6.01. The van der Waals surface area contributed by atoms with E-state index in [-0.39, 0.29) is 18.3 Å². The van der Waals surface area contributed by atoms with Crippen LogP contribution in [-0.2, 0) is 20.9 Å². The minimum absolute atomic E-state index is 0.129. The summed E-state index contributed by atoms with van der Waals surface area (Å²) in [6.07, 6.45) is 5.42. The number of nitrogens with zero attached hydrogens (tertiary/aromatic N) is 4. The fourth-order valence-electron chi connectivity index (χ4n) is 4.32. The molecule has 34 heavy (non-hydrogen) atoms. The number of aldehydes is 1. The number of piperazine rings is 1. The molecule has 2 atom stereocenters. The number of hydrogen-bond acceptors (Lipinski definition) is 8. The van der Waals surface area contributed by atoms with Gasteiger partial charge in [-0.1, -0.05) is 18.2 Å². The van der Waals surface area contributed by atoms with Crippen LogP contribution < -0.4 is 5.73 Å². The molecule has 4 rings (SSSR count). The molecule has 9 heteroatoms. The Kier molecular flexibility index (Phi) is 7.15. The summed E-state index contributed by atoms with van der Waals surface area (Å²) in [5, 5.41) is 10.4.